The monoisotopic (exact) mass is 705 g/mol. The number of amides is 1. The Balaban J connectivity index is 1.05. The number of benzene rings is 3. The number of hydrogen-bond donors (Lipinski definition) is 1. The quantitative estimate of drug-likeness (QED) is 0.102. The van der Waals surface area contributed by atoms with Crippen LogP contribution in [0.4, 0.5) is 0 Å². The number of hydrogen-bond acceptors (Lipinski definition) is 8. The molecule has 0 saturated carbocycles. The third-order valence-electron chi connectivity index (χ3n) is 8.55. The number of aromatic nitrogens is 1. The summed E-state index contributed by atoms with van der Waals surface area (Å²) in [6.07, 6.45) is 3.23. The molecule has 1 unspecified atom stereocenters. The van der Waals surface area contributed by atoms with Gasteiger partial charge in [-0.15, -0.1) is 11.8 Å². The van der Waals surface area contributed by atoms with E-state index in [1.165, 1.54) is 30.2 Å². The molecule has 9 nitrogen and oxygen atoms in total. The highest BCUT2D eigenvalue weighted by molar-refractivity contribution is 8.00. The first kappa shape index (κ1) is 36.3. The largest absolute Gasteiger partial charge is 0.497 e. The van der Waals surface area contributed by atoms with Crippen LogP contribution in [0, 0.1) is 6.92 Å². The van der Waals surface area contributed by atoms with Crippen LogP contribution in [0.3, 0.4) is 0 Å². The third-order valence-corrected chi connectivity index (χ3v) is 9.94. The maximum atomic E-state index is 13.5. The summed E-state index contributed by atoms with van der Waals surface area (Å²) in [6.45, 7) is 8.22. The van der Waals surface area contributed by atoms with Crippen molar-refractivity contribution in [1.29, 1.82) is 0 Å². The molecule has 1 aliphatic heterocycles. The first-order valence-electron chi connectivity index (χ1n) is 16.7. The topological polar surface area (TPSA) is 99.1 Å². The van der Waals surface area contributed by atoms with Crippen LogP contribution in [0.2, 0.25) is 5.02 Å². The Morgan fingerprint density at radius 1 is 1.00 bits per heavy atom. The molecule has 0 bridgehead atoms. The predicted molar refractivity (Wildman–Crippen MR) is 195 cm³/mol. The Bertz CT molecular complexity index is 1750. The van der Waals surface area contributed by atoms with E-state index in [-0.39, 0.29) is 35.8 Å². The van der Waals surface area contributed by atoms with Crippen molar-refractivity contribution in [2.24, 2.45) is 0 Å². The lowest BCUT2D eigenvalue weighted by Gasteiger charge is -2.15. The van der Waals surface area contributed by atoms with Crippen LogP contribution < -0.4 is 14.8 Å². The standard InChI is InChI=1S/C38H44ClN3O6S/c1-26(49-25-36(43)40-16-7-19-47-32-9-6-8-28(20-32)23-41-17-4-5-18-41)24-48-37(44)22-33-27(2)42(35-15-14-31(46-3)21-34(33)35)38(45)29-10-12-30(39)13-11-29/h6,8-15,20-21,26H,4-5,7,16-19,22-25H2,1-3H3,(H,40,43). The number of fused-ring (bicyclic) bond motifs is 1. The molecule has 0 aliphatic carbocycles. The number of esters is 1. The van der Waals surface area contributed by atoms with E-state index in [4.69, 9.17) is 25.8 Å². The van der Waals surface area contributed by atoms with Gasteiger partial charge in [0.15, 0.2) is 0 Å². The minimum Gasteiger partial charge on any atom is -0.497 e. The zero-order chi connectivity index (χ0) is 34.8. The van der Waals surface area contributed by atoms with Gasteiger partial charge in [-0.25, -0.2) is 0 Å². The summed E-state index contributed by atoms with van der Waals surface area (Å²) in [7, 11) is 1.57. The summed E-state index contributed by atoms with van der Waals surface area (Å²) in [6, 6.07) is 20.4. The number of thioether (sulfide) groups is 1. The van der Waals surface area contributed by atoms with Crippen LogP contribution in [0.15, 0.2) is 66.7 Å². The van der Waals surface area contributed by atoms with Crippen molar-refractivity contribution in [3.8, 4) is 11.5 Å². The number of carbonyl (C=O) groups is 3. The molecule has 1 aliphatic rings. The lowest BCUT2D eigenvalue weighted by atomic mass is 10.1. The second-order valence-electron chi connectivity index (χ2n) is 12.3. The van der Waals surface area contributed by atoms with E-state index in [0.717, 1.165) is 30.8 Å². The highest BCUT2D eigenvalue weighted by Crippen LogP contribution is 2.31. The fourth-order valence-electron chi connectivity index (χ4n) is 5.94. The van der Waals surface area contributed by atoms with E-state index in [1.807, 2.05) is 38.1 Å². The van der Waals surface area contributed by atoms with Crippen molar-refractivity contribution in [2.45, 2.75) is 51.3 Å². The lowest BCUT2D eigenvalue weighted by Crippen LogP contribution is -2.28. The number of methoxy groups -OCH3 is 1. The van der Waals surface area contributed by atoms with Gasteiger partial charge >= 0.3 is 5.97 Å². The van der Waals surface area contributed by atoms with Gasteiger partial charge in [-0.1, -0.05) is 23.7 Å². The Kier molecular flexibility index (Phi) is 13.0. The first-order valence-corrected chi connectivity index (χ1v) is 18.1. The van der Waals surface area contributed by atoms with Gasteiger partial charge < -0.3 is 19.5 Å². The van der Waals surface area contributed by atoms with Crippen molar-refractivity contribution in [3.05, 3.63) is 94.1 Å². The second-order valence-corrected chi connectivity index (χ2v) is 14.1. The molecular weight excluding hydrogens is 662 g/mol. The van der Waals surface area contributed by atoms with Gasteiger partial charge in [-0.05, 0) is 112 Å². The molecule has 1 atom stereocenters. The van der Waals surface area contributed by atoms with Gasteiger partial charge in [0, 0.05) is 40.0 Å². The van der Waals surface area contributed by atoms with E-state index >= 15 is 0 Å². The number of rotatable bonds is 16. The Morgan fingerprint density at radius 2 is 1.78 bits per heavy atom. The molecule has 1 fully saturated rings. The number of likely N-dealkylation sites (tertiary alicyclic amines) is 1. The molecule has 2 heterocycles. The summed E-state index contributed by atoms with van der Waals surface area (Å²) < 4.78 is 18.6. The molecule has 49 heavy (non-hydrogen) atoms. The van der Waals surface area contributed by atoms with Crippen LogP contribution in [-0.4, -0.2) is 78.2 Å². The Morgan fingerprint density at radius 3 is 2.53 bits per heavy atom. The van der Waals surface area contributed by atoms with E-state index < -0.39 is 5.97 Å². The van der Waals surface area contributed by atoms with Crippen molar-refractivity contribution in [2.75, 3.05) is 45.7 Å². The predicted octanol–water partition coefficient (Wildman–Crippen LogP) is 6.69. The molecule has 0 radical (unpaired) electrons. The number of nitrogens with zero attached hydrogens (tertiary/aromatic N) is 2. The van der Waals surface area contributed by atoms with Gasteiger partial charge in [-0.2, -0.15) is 0 Å². The van der Waals surface area contributed by atoms with E-state index in [0.29, 0.717) is 52.7 Å². The van der Waals surface area contributed by atoms with Crippen LogP contribution >= 0.6 is 23.4 Å². The highest BCUT2D eigenvalue weighted by atomic mass is 35.5. The number of nitrogens with one attached hydrogen (secondary N) is 1. The molecular formula is C38H44ClN3O6S. The van der Waals surface area contributed by atoms with Gasteiger partial charge in [0.1, 0.15) is 18.1 Å². The molecule has 3 aromatic carbocycles. The molecule has 1 N–H and O–H groups in total. The number of carbonyl (C=O) groups excluding carboxylic acids is 3. The maximum Gasteiger partial charge on any atom is 0.310 e. The third kappa shape index (κ3) is 10.0. The molecule has 4 aromatic rings. The highest BCUT2D eigenvalue weighted by Gasteiger charge is 2.23. The average molecular weight is 706 g/mol. The van der Waals surface area contributed by atoms with Gasteiger partial charge in [0.25, 0.3) is 5.91 Å². The van der Waals surface area contributed by atoms with Gasteiger partial charge in [0.05, 0.1) is 31.4 Å². The first-order chi connectivity index (χ1) is 23.7. The molecule has 0 spiro atoms. The SMILES string of the molecule is COc1ccc2c(c1)c(CC(=O)OCC(C)SCC(=O)NCCCOc1cccc(CN3CCCC3)c1)c(C)n2C(=O)c1ccc(Cl)cc1. The summed E-state index contributed by atoms with van der Waals surface area (Å²) in [4.78, 5) is 41.5. The van der Waals surface area contributed by atoms with Gasteiger partial charge in [0.2, 0.25) is 5.91 Å². The molecule has 1 aromatic heterocycles. The molecule has 1 saturated heterocycles. The zero-order valence-corrected chi connectivity index (χ0v) is 29.9. The molecule has 11 heteroatoms. The number of ether oxygens (including phenoxy) is 3. The van der Waals surface area contributed by atoms with Crippen LogP contribution in [0.1, 0.15) is 53.4 Å². The van der Waals surface area contributed by atoms with Crippen molar-refractivity contribution < 1.29 is 28.6 Å². The fraction of sp³-hybridized carbons (Fsp3) is 0.395. The maximum absolute atomic E-state index is 13.5. The fourth-order valence-corrected chi connectivity index (χ4v) is 6.77. The lowest BCUT2D eigenvalue weighted by molar-refractivity contribution is -0.142. The van der Waals surface area contributed by atoms with Crippen LogP contribution in [0.25, 0.3) is 10.9 Å². The van der Waals surface area contributed by atoms with E-state index in [1.54, 1.807) is 42.0 Å². The average Bonchev–Trinajstić information content (AvgIpc) is 3.71. The normalized spacial score (nSPS) is 13.7. The van der Waals surface area contributed by atoms with Crippen molar-refractivity contribution in [3.63, 3.8) is 0 Å². The van der Waals surface area contributed by atoms with E-state index in [9.17, 15) is 14.4 Å². The minimum atomic E-state index is -0.414. The zero-order valence-electron chi connectivity index (χ0n) is 28.3. The Hall–Kier alpha value is -3.99. The van der Waals surface area contributed by atoms with E-state index in [2.05, 4.69) is 22.3 Å². The summed E-state index contributed by atoms with van der Waals surface area (Å²) >= 11 is 7.46. The molecule has 1 amide bonds. The summed E-state index contributed by atoms with van der Waals surface area (Å²) in [5.74, 6) is 1.03. The van der Waals surface area contributed by atoms with Crippen LogP contribution in [0.5, 0.6) is 11.5 Å². The van der Waals surface area contributed by atoms with Crippen molar-refractivity contribution >= 4 is 52.0 Å². The van der Waals surface area contributed by atoms with Crippen molar-refractivity contribution in [1.82, 2.24) is 14.8 Å². The van der Waals surface area contributed by atoms with Crippen LogP contribution in [-0.2, 0) is 27.3 Å². The minimum absolute atomic E-state index is 0.0148. The molecule has 5 rings (SSSR count). The molecule has 260 valence electrons. The Labute approximate surface area is 297 Å². The second kappa shape index (κ2) is 17.6. The summed E-state index contributed by atoms with van der Waals surface area (Å²) in [5, 5.41) is 4.14. The van der Waals surface area contributed by atoms with Gasteiger partial charge in [-0.3, -0.25) is 23.9 Å². The smallest absolute Gasteiger partial charge is 0.310 e. The summed E-state index contributed by atoms with van der Waals surface area (Å²) in [5.41, 5.74) is 3.75. The number of halogens is 1.